The molecule has 0 aliphatic rings. The lowest BCUT2D eigenvalue weighted by Crippen LogP contribution is -2.23. The zero-order valence-electron chi connectivity index (χ0n) is 17.6. The van der Waals surface area contributed by atoms with E-state index < -0.39 is 4.92 Å². The smallest absolute Gasteiger partial charge is 0.271 e. The Morgan fingerprint density at radius 1 is 0.903 bits per heavy atom. The summed E-state index contributed by atoms with van der Waals surface area (Å²) in [6.45, 7) is 4.08. The number of aryl methyl sites for hydroxylation is 2. The molecule has 31 heavy (non-hydrogen) atoms. The van der Waals surface area contributed by atoms with E-state index in [1.54, 1.807) is 6.07 Å². The summed E-state index contributed by atoms with van der Waals surface area (Å²) in [6, 6.07) is 20.0. The van der Waals surface area contributed by atoms with Gasteiger partial charge in [-0.1, -0.05) is 50.2 Å². The molecule has 0 fully saturated rings. The van der Waals surface area contributed by atoms with Crippen molar-refractivity contribution in [3.8, 4) is 0 Å². The number of benzene rings is 3. The highest BCUT2D eigenvalue weighted by atomic mass is 16.6. The topological polar surface area (TPSA) is 96.3 Å². The van der Waals surface area contributed by atoms with Crippen molar-refractivity contribution >= 4 is 34.3 Å². The number of anilines is 4. The molecule has 0 saturated heterocycles. The molecule has 160 valence electrons. The van der Waals surface area contributed by atoms with Gasteiger partial charge in [-0.3, -0.25) is 14.9 Å². The standard InChI is InChI=1S/C24H26N4O3/c1-3-17-9-8-10-18(4-2)24(17)27-23(29)16-25-22-15-20(28(30)31)13-14-21(22)26-19-11-6-5-7-12-19/h5-15,25-26H,3-4,16H2,1-2H3,(H,27,29). The summed E-state index contributed by atoms with van der Waals surface area (Å²) in [5.41, 5.74) is 4.92. The predicted octanol–water partition coefficient (Wildman–Crippen LogP) is 5.51. The second kappa shape index (κ2) is 10.2. The average Bonchev–Trinajstić information content (AvgIpc) is 2.79. The number of nitro groups is 1. The second-order valence-electron chi connectivity index (χ2n) is 7.04. The Kier molecular flexibility index (Phi) is 7.22. The molecule has 7 heteroatoms. The first-order valence-corrected chi connectivity index (χ1v) is 10.3. The van der Waals surface area contributed by atoms with Crippen molar-refractivity contribution in [2.75, 3.05) is 22.5 Å². The van der Waals surface area contributed by atoms with Crippen LogP contribution in [0.25, 0.3) is 0 Å². The first kappa shape index (κ1) is 21.8. The Labute approximate surface area is 181 Å². The Morgan fingerprint density at radius 3 is 2.19 bits per heavy atom. The minimum Gasteiger partial charge on any atom is -0.374 e. The molecule has 0 bridgehead atoms. The van der Waals surface area contributed by atoms with Crippen molar-refractivity contribution in [3.05, 3.63) is 88.0 Å². The summed E-state index contributed by atoms with van der Waals surface area (Å²) in [6.07, 6.45) is 1.62. The molecule has 3 aromatic carbocycles. The van der Waals surface area contributed by atoms with Gasteiger partial charge in [-0.2, -0.15) is 0 Å². The van der Waals surface area contributed by atoms with Gasteiger partial charge in [-0.25, -0.2) is 0 Å². The number of rotatable bonds is 9. The van der Waals surface area contributed by atoms with E-state index in [-0.39, 0.29) is 18.1 Å². The Balaban J connectivity index is 1.78. The van der Waals surface area contributed by atoms with E-state index in [2.05, 4.69) is 16.0 Å². The highest BCUT2D eigenvalue weighted by molar-refractivity contribution is 5.96. The molecule has 0 spiro atoms. The first-order chi connectivity index (χ1) is 15.0. The van der Waals surface area contributed by atoms with Gasteiger partial charge >= 0.3 is 0 Å². The lowest BCUT2D eigenvalue weighted by atomic mass is 10.0. The number of nitrogens with one attached hydrogen (secondary N) is 3. The molecule has 3 rings (SSSR count). The molecule has 0 radical (unpaired) electrons. The van der Waals surface area contributed by atoms with Crippen LogP contribution in [-0.2, 0) is 17.6 Å². The maximum atomic E-state index is 12.7. The second-order valence-corrected chi connectivity index (χ2v) is 7.04. The lowest BCUT2D eigenvalue weighted by Gasteiger charge is -2.16. The number of nitro benzene ring substituents is 1. The molecule has 0 aliphatic heterocycles. The monoisotopic (exact) mass is 418 g/mol. The maximum absolute atomic E-state index is 12.7. The number of hydrogen-bond acceptors (Lipinski definition) is 5. The third-order valence-corrected chi connectivity index (χ3v) is 4.97. The zero-order chi connectivity index (χ0) is 22.2. The normalized spacial score (nSPS) is 10.4. The number of non-ortho nitro benzene ring substituents is 1. The first-order valence-electron chi connectivity index (χ1n) is 10.3. The van der Waals surface area contributed by atoms with Gasteiger partial charge in [0.1, 0.15) is 0 Å². The maximum Gasteiger partial charge on any atom is 0.271 e. The number of carbonyl (C=O) groups is 1. The highest BCUT2D eigenvalue weighted by Gasteiger charge is 2.14. The summed E-state index contributed by atoms with van der Waals surface area (Å²) < 4.78 is 0. The van der Waals surface area contributed by atoms with Crippen LogP contribution in [0.5, 0.6) is 0 Å². The third-order valence-electron chi connectivity index (χ3n) is 4.97. The molecule has 0 aliphatic carbocycles. The lowest BCUT2D eigenvalue weighted by molar-refractivity contribution is -0.384. The Bertz CT molecular complexity index is 1050. The largest absolute Gasteiger partial charge is 0.374 e. The van der Waals surface area contributed by atoms with Gasteiger partial charge in [-0.15, -0.1) is 0 Å². The minimum atomic E-state index is -0.456. The van der Waals surface area contributed by atoms with Crippen LogP contribution in [0.2, 0.25) is 0 Å². The fourth-order valence-corrected chi connectivity index (χ4v) is 3.34. The Morgan fingerprint density at radius 2 is 1.58 bits per heavy atom. The summed E-state index contributed by atoms with van der Waals surface area (Å²) in [7, 11) is 0. The SMILES string of the molecule is CCc1cccc(CC)c1NC(=O)CNc1cc([N+](=O)[O-])ccc1Nc1ccccc1. The minimum absolute atomic E-state index is 0.0220. The fraction of sp³-hybridized carbons (Fsp3) is 0.208. The molecule has 0 atom stereocenters. The summed E-state index contributed by atoms with van der Waals surface area (Å²) in [4.78, 5) is 23.4. The molecular weight excluding hydrogens is 392 g/mol. The van der Waals surface area contributed by atoms with Gasteiger partial charge in [0.2, 0.25) is 5.91 Å². The van der Waals surface area contributed by atoms with Gasteiger partial charge in [0.25, 0.3) is 5.69 Å². The van der Waals surface area contributed by atoms with Crippen LogP contribution in [-0.4, -0.2) is 17.4 Å². The van der Waals surface area contributed by atoms with Gasteiger partial charge < -0.3 is 16.0 Å². The van der Waals surface area contributed by atoms with Gasteiger partial charge in [-0.05, 0) is 42.2 Å². The van der Waals surface area contributed by atoms with E-state index in [4.69, 9.17) is 0 Å². The van der Waals surface area contributed by atoms with Gasteiger partial charge in [0.05, 0.1) is 22.8 Å². The van der Waals surface area contributed by atoms with Crippen molar-refractivity contribution in [2.45, 2.75) is 26.7 Å². The molecular formula is C24H26N4O3. The summed E-state index contributed by atoms with van der Waals surface area (Å²) in [5, 5.41) is 20.5. The summed E-state index contributed by atoms with van der Waals surface area (Å²) >= 11 is 0. The molecule has 3 N–H and O–H groups in total. The predicted molar refractivity (Wildman–Crippen MR) is 125 cm³/mol. The molecule has 0 heterocycles. The van der Waals surface area contributed by atoms with Crippen molar-refractivity contribution < 1.29 is 9.72 Å². The molecule has 3 aromatic rings. The number of nitrogens with zero attached hydrogens (tertiary/aromatic N) is 1. The third kappa shape index (κ3) is 5.60. The number of amides is 1. The zero-order valence-corrected chi connectivity index (χ0v) is 17.6. The number of carbonyl (C=O) groups excluding carboxylic acids is 1. The number of hydrogen-bond donors (Lipinski definition) is 3. The van der Waals surface area contributed by atoms with Crippen LogP contribution < -0.4 is 16.0 Å². The average molecular weight is 418 g/mol. The summed E-state index contributed by atoms with van der Waals surface area (Å²) in [5.74, 6) is -0.215. The van der Waals surface area contributed by atoms with Crippen LogP contribution in [0, 0.1) is 10.1 Å². The van der Waals surface area contributed by atoms with E-state index in [9.17, 15) is 14.9 Å². The molecule has 1 amide bonds. The van der Waals surface area contributed by atoms with Gasteiger partial charge in [0, 0.05) is 23.5 Å². The fourth-order valence-electron chi connectivity index (χ4n) is 3.34. The molecule has 0 saturated carbocycles. The van der Waals surface area contributed by atoms with Crippen molar-refractivity contribution in [2.24, 2.45) is 0 Å². The quantitative estimate of drug-likeness (QED) is 0.314. The van der Waals surface area contributed by atoms with Crippen LogP contribution in [0.4, 0.5) is 28.4 Å². The van der Waals surface area contributed by atoms with Crippen molar-refractivity contribution in [1.82, 2.24) is 0 Å². The van der Waals surface area contributed by atoms with Crippen LogP contribution in [0.1, 0.15) is 25.0 Å². The van der Waals surface area contributed by atoms with E-state index >= 15 is 0 Å². The highest BCUT2D eigenvalue weighted by Crippen LogP contribution is 2.30. The van der Waals surface area contributed by atoms with Crippen LogP contribution in [0.15, 0.2) is 66.7 Å². The van der Waals surface area contributed by atoms with E-state index in [0.29, 0.717) is 11.4 Å². The Hall–Kier alpha value is -3.87. The van der Waals surface area contributed by atoms with Crippen LogP contribution in [0.3, 0.4) is 0 Å². The van der Waals surface area contributed by atoms with Crippen molar-refractivity contribution in [3.63, 3.8) is 0 Å². The van der Waals surface area contributed by atoms with Crippen molar-refractivity contribution in [1.29, 1.82) is 0 Å². The molecule has 0 unspecified atom stereocenters. The van der Waals surface area contributed by atoms with Crippen LogP contribution >= 0.6 is 0 Å². The van der Waals surface area contributed by atoms with Gasteiger partial charge in [0.15, 0.2) is 0 Å². The van der Waals surface area contributed by atoms with E-state index in [1.807, 2.05) is 62.4 Å². The molecule has 0 aromatic heterocycles. The molecule has 7 nitrogen and oxygen atoms in total. The van der Waals surface area contributed by atoms with E-state index in [1.165, 1.54) is 12.1 Å². The number of para-hydroxylation sites is 2. The van der Waals surface area contributed by atoms with E-state index in [0.717, 1.165) is 35.3 Å².